The highest BCUT2D eigenvalue weighted by Gasteiger charge is 2.08. The van der Waals surface area contributed by atoms with Gasteiger partial charge in [-0.25, -0.2) is 4.79 Å². The van der Waals surface area contributed by atoms with Crippen molar-refractivity contribution in [2.45, 2.75) is 32.8 Å². The lowest BCUT2D eigenvalue weighted by molar-refractivity contribution is 0.127. The van der Waals surface area contributed by atoms with E-state index in [0.717, 1.165) is 12.8 Å². The Bertz CT molecular complexity index is 195. The van der Waals surface area contributed by atoms with Crippen LogP contribution in [-0.4, -0.2) is 12.2 Å². The van der Waals surface area contributed by atoms with Crippen LogP contribution in [0.25, 0.3) is 0 Å². The van der Waals surface area contributed by atoms with E-state index in [0.29, 0.717) is 0 Å². The third-order valence-corrected chi connectivity index (χ3v) is 1.62. The van der Waals surface area contributed by atoms with Gasteiger partial charge in [-0.15, -0.1) is 5.92 Å². The number of halogens is 1. The first-order valence-corrected chi connectivity index (χ1v) is 4.82. The minimum absolute atomic E-state index is 0.269. The zero-order valence-electron chi connectivity index (χ0n) is 7.19. The van der Waals surface area contributed by atoms with Gasteiger partial charge < -0.3 is 4.74 Å². The SMILES string of the molecule is CC#CC(CCC)OC(=O)NI. The highest BCUT2D eigenvalue weighted by Crippen LogP contribution is 2.01. The van der Waals surface area contributed by atoms with Gasteiger partial charge in [0.2, 0.25) is 0 Å². The van der Waals surface area contributed by atoms with Gasteiger partial charge in [0.1, 0.15) is 0 Å². The van der Waals surface area contributed by atoms with Crippen molar-refractivity contribution in [3.63, 3.8) is 0 Å². The molecular formula is C8H12INO2. The molecule has 0 saturated carbocycles. The van der Waals surface area contributed by atoms with Gasteiger partial charge >= 0.3 is 6.09 Å². The smallest absolute Gasteiger partial charge is 0.417 e. The Kier molecular flexibility index (Phi) is 6.96. The van der Waals surface area contributed by atoms with Gasteiger partial charge in [0.05, 0.1) is 22.9 Å². The summed E-state index contributed by atoms with van der Waals surface area (Å²) in [5.41, 5.74) is 0. The van der Waals surface area contributed by atoms with Crippen molar-refractivity contribution in [2.24, 2.45) is 0 Å². The van der Waals surface area contributed by atoms with Crippen LogP contribution in [0.15, 0.2) is 0 Å². The molecule has 1 amide bonds. The number of carbonyl (C=O) groups is 1. The summed E-state index contributed by atoms with van der Waals surface area (Å²) in [5, 5.41) is 0. The summed E-state index contributed by atoms with van der Waals surface area (Å²) >= 11 is 1.73. The third-order valence-electron chi connectivity index (χ3n) is 1.18. The zero-order chi connectivity index (χ0) is 9.40. The Morgan fingerprint density at radius 2 is 2.42 bits per heavy atom. The van der Waals surface area contributed by atoms with Gasteiger partial charge in [0.15, 0.2) is 6.10 Å². The Balaban J connectivity index is 3.91. The summed E-state index contributed by atoms with van der Waals surface area (Å²) in [6.45, 7) is 3.75. The van der Waals surface area contributed by atoms with Crippen molar-refractivity contribution in [1.29, 1.82) is 0 Å². The number of amides is 1. The van der Waals surface area contributed by atoms with Crippen LogP contribution in [0.4, 0.5) is 4.79 Å². The predicted molar refractivity (Wildman–Crippen MR) is 55.8 cm³/mol. The molecule has 0 aromatic heterocycles. The van der Waals surface area contributed by atoms with Gasteiger partial charge in [0, 0.05) is 0 Å². The van der Waals surface area contributed by atoms with E-state index in [1.165, 1.54) is 0 Å². The Morgan fingerprint density at radius 3 is 2.83 bits per heavy atom. The fourth-order valence-corrected chi connectivity index (χ4v) is 0.862. The maximum absolute atomic E-state index is 10.8. The van der Waals surface area contributed by atoms with E-state index in [4.69, 9.17) is 4.74 Å². The Labute approximate surface area is 86.7 Å². The van der Waals surface area contributed by atoms with Crippen LogP contribution in [-0.2, 0) is 4.74 Å². The standard InChI is InChI=1S/C8H12INO2/c1-3-5-7(6-4-2)12-8(11)10-9/h7H,3,5H2,1-2H3,(H,10,11). The van der Waals surface area contributed by atoms with Crippen molar-refractivity contribution in [3.05, 3.63) is 0 Å². The molecule has 0 rings (SSSR count). The van der Waals surface area contributed by atoms with Crippen LogP contribution in [0.3, 0.4) is 0 Å². The van der Waals surface area contributed by atoms with Crippen molar-refractivity contribution in [3.8, 4) is 11.8 Å². The molecular weight excluding hydrogens is 269 g/mol. The van der Waals surface area contributed by atoms with E-state index < -0.39 is 6.09 Å². The van der Waals surface area contributed by atoms with Gasteiger partial charge in [-0.05, 0) is 13.3 Å². The third kappa shape index (κ3) is 5.24. The lowest BCUT2D eigenvalue weighted by Gasteiger charge is -2.09. The van der Waals surface area contributed by atoms with Gasteiger partial charge in [-0.1, -0.05) is 19.3 Å². The topological polar surface area (TPSA) is 38.3 Å². The number of carbonyl (C=O) groups excluding carboxylic acids is 1. The van der Waals surface area contributed by atoms with E-state index in [9.17, 15) is 4.79 Å². The minimum atomic E-state index is -0.434. The lowest BCUT2D eigenvalue weighted by atomic mass is 10.2. The van der Waals surface area contributed by atoms with E-state index in [1.807, 2.05) is 6.92 Å². The zero-order valence-corrected chi connectivity index (χ0v) is 9.34. The molecule has 0 fully saturated rings. The lowest BCUT2D eigenvalue weighted by Crippen LogP contribution is -2.21. The average Bonchev–Trinajstić information content (AvgIpc) is 2.05. The number of nitrogens with one attached hydrogen (secondary N) is 1. The second-order valence-corrected chi connectivity index (χ2v) is 2.71. The molecule has 0 heterocycles. The molecule has 1 unspecified atom stereocenters. The van der Waals surface area contributed by atoms with E-state index in [1.54, 1.807) is 29.8 Å². The average molecular weight is 281 g/mol. The number of rotatable bonds is 3. The monoisotopic (exact) mass is 281 g/mol. The molecule has 0 aromatic carbocycles. The maximum atomic E-state index is 10.8. The molecule has 0 aliphatic carbocycles. The quantitative estimate of drug-likeness (QED) is 0.489. The van der Waals surface area contributed by atoms with Crippen LogP contribution >= 0.6 is 22.9 Å². The van der Waals surface area contributed by atoms with Gasteiger partial charge in [0.25, 0.3) is 0 Å². The van der Waals surface area contributed by atoms with Crippen molar-refractivity contribution in [1.82, 2.24) is 3.53 Å². The summed E-state index contributed by atoms with van der Waals surface area (Å²) in [5.74, 6) is 5.54. The molecule has 1 N–H and O–H groups in total. The largest absolute Gasteiger partial charge is 0.433 e. The first kappa shape index (κ1) is 11.6. The minimum Gasteiger partial charge on any atom is -0.433 e. The first-order valence-electron chi connectivity index (χ1n) is 3.74. The second-order valence-electron chi connectivity index (χ2n) is 2.17. The van der Waals surface area contributed by atoms with Crippen molar-refractivity contribution < 1.29 is 9.53 Å². The maximum Gasteiger partial charge on any atom is 0.417 e. The molecule has 0 saturated heterocycles. The molecule has 0 aromatic rings. The van der Waals surface area contributed by atoms with Crippen molar-refractivity contribution >= 4 is 29.0 Å². The van der Waals surface area contributed by atoms with E-state index in [2.05, 4.69) is 15.4 Å². The molecule has 0 aliphatic heterocycles. The summed E-state index contributed by atoms with van der Waals surface area (Å²) in [6, 6.07) is 0. The van der Waals surface area contributed by atoms with Crippen LogP contribution < -0.4 is 3.53 Å². The molecule has 0 bridgehead atoms. The van der Waals surface area contributed by atoms with Crippen LogP contribution in [0.5, 0.6) is 0 Å². The first-order chi connectivity index (χ1) is 5.74. The summed E-state index contributed by atoms with van der Waals surface area (Å²) in [6.07, 6.45) is 1.03. The van der Waals surface area contributed by atoms with Gasteiger partial charge in [-0.2, -0.15) is 0 Å². The van der Waals surface area contributed by atoms with Crippen LogP contribution in [0.2, 0.25) is 0 Å². The molecule has 1 atom stereocenters. The Hall–Kier alpha value is -0.440. The van der Waals surface area contributed by atoms with E-state index in [-0.39, 0.29) is 6.10 Å². The highest BCUT2D eigenvalue weighted by molar-refractivity contribution is 14.1. The molecule has 68 valence electrons. The van der Waals surface area contributed by atoms with Crippen LogP contribution in [0, 0.1) is 11.8 Å². The molecule has 12 heavy (non-hydrogen) atoms. The van der Waals surface area contributed by atoms with Crippen molar-refractivity contribution in [2.75, 3.05) is 0 Å². The normalized spacial score (nSPS) is 10.9. The van der Waals surface area contributed by atoms with Gasteiger partial charge in [-0.3, -0.25) is 3.53 Å². The fraction of sp³-hybridized carbons (Fsp3) is 0.625. The Morgan fingerprint density at radius 1 is 1.75 bits per heavy atom. The molecule has 4 heteroatoms. The fourth-order valence-electron chi connectivity index (χ4n) is 0.735. The van der Waals surface area contributed by atoms with E-state index >= 15 is 0 Å². The number of hydrogen-bond donors (Lipinski definition) is 1. The number of ether oxygens (including phenoxy) is 1. The molecule has 3 nitrogen and oxygen atoms in total. The number of hydrogen-bond acceptors (Lipinski definition) is 2. The second kappa shape index (κ2) is 7.22. The van der Waals surface area contributed by atoms with Crippen LogP contribution in [0.1, 0.15) is 26.7 Å². The summed E-state index contributed by atoms with van der Waals surface area (Å²) in [7, 11) is 0. The summed E-state index contributed by atoms with van der Waals surface area (Å²) < 4.78 is 7.30. The molecule has 0 aliphatic rings. The summed E-state index contributed by atoms with van der Waals surface area (Å²) in [4.78, 5) is 10.8. The highest BCUT2D eigenvalue weighted by atomic mass is 127. The molecule has 0 spiro atoms. The molecule has 0 radical (unpaired) electrons. The predicted octanol–water partition coefficient (Wildman–Crippen LogP) is 2.25.